The van der Waals surface area contributed by atoms with Crippen LogP contribution in [0.5, 0.6) is 5.75 Å². The third-order valence-electron chi connectivity index (χ3n) is 11.9. The molecular formula is C54H44O7P2. The first kappa shape index (κ1) is 41.2. The normalized spacial score (nSPS) is 19.8. The molecule has 2 aliphatic rings. The second-order valence-corrected chi connectivity index (χ2v) is 19.4. The molecule has 2 heterocycles. The monoisotopic (exact) mass is 866 g/mol. The lowest BCUT2D eigenvalue weighted by molar-refractivity contribution is -0.373. The number of benzene rings is 8. The zero-order chi connectivity index (χ0) is 43.1. The molecule has 7 nitrogen and oxygen atoms in total. The molecule has 0 amide bonds. The van der Waals surface area contributed by atoms with Gasteiger partial charge in [0.1, 0.15) is 18.0 Å². The summed E-state index contributed by atoms with van der Waals surface area (Å²) in [5.41, 5.74) is -3.84. The highest BCUT2D eigenvalue weighted by Crippen LogP contribution is 2.61. The van der Waals surface area contributed by atoms with Crippen LogP contribution >= 0.6 is 15.9 Å². The molecule has 2 fully saturated rings. The van der Waals surface area contributed by atoms with Gasteiger partial charge in [-0.25, -0.2) is 0 Å². The van der Waals surface area contributed by atoms with Gasteiger partial charge < -0.3 is 19.1 Å². The van der Waals surface area contributed by atoms with E-state index in [0.717, 1.165) is 21.3 Å². The molecule has 10 rings (SSSR count). The summed E-state index contributed by atoms with van der Waals surface area (Å²) in [6.45, 7) is 3.72. The average Bonchev–Trinajstić information content (AvgIpc) is 3.62. The van der Waals surface area contributed by atoms with Crippen molar-refractivity contribution in [1.82, 2.24) is 0 Å². The number of hydrogen-bond donors (Lipinski definition) is 0. The highest BCUT2D eigenvalue weighted by molar-refractivity contribution is 7.80. The summed E-state index contributed by atoms with van der Waals surface area (Å²) in [7, 11) is -5.17. The molecule has 0 N–H and O–H groups in total. The van der Waals surface area contributed by atoms with Gasteiger partial charge >= 0.3 is 13.7 Å². The Labute approximate surface area is 369 Å². The van der Waals surface area contributed by atoms with E-state index in [1.807, 2.05) is 202 Å². The second-order valence-electron chi connectivity index (χ2n) is 16.1. The molecule has 0 radical (unpaired) electrons. The fraction of sp³-hybridized carbons (Fsp3) is 0.148. The van der Waals surface area contributed by atoms with Crippen LogP contribution in [0.2, 0.25) is 0 Å². The average molecular weight is 867 g/mol. The Kier molecular flexibility index (Phi) is 10.9. The van der Waals surface area contributed by atoms with Gasteiger partial charge in [-0.1, -0.05) is 217 Å². The van der Waals surface area contributed by atoms with E-state index in [-0.39, 0.29) is 0 Å². The maximum Gasteiger partial charge on any atom is 0.542 e. The Morgan fingerprint density at radius 2 is 0.857 bits per heavy atom. The van der Waals surface area contributed by atoms with Crippen LogP contribution in [0.4, 0.5) is 0 Å². The first-order valence-corrected chi connectivity index (χ1v) is 23.5. The summed E-state index contributed by atoms with van der Waals surface area (Å²) in [6, 6.07) is 70.7. The van der Waals surface area contributed by atoms with E-state index in [2.05, 4.69) is 30.3 Å². The van der Waals surface area contributed by atoms with Crippen molar-refractivity contribution >= 4 is 42.6 Å². The highest BCUT2D eigenvalue weighted by atomic mass is 31.1. The lowest BCUT2D eigenvalue weighted by atomic mass is 9.72. The molecule has 0 aliphatic carbocycles. The van der Waals surface area contributed by atoms with Crippen LogP contribution in [-0.4, -0.2) is 23.7 Å². The molecule has 3 atom stereocenters. The third kappa shape index (κ3) is 7.21. The molecule has 0 spiro atoms. The smallest absolute Gasteiger partial charge is 0.542 e. The van der Waals surface area contributed by atoms with Crippen molar-refractivity contribution in [3.05, 3.63) is 241 Å². The van der Waals surface area contributed by atoms with Gasteiger partial charge in [-0.15, -0.1) is 0 Å². The molecule has 2 saturated heterocycles. The Hall–Kier alpha value is -5.85. The van der Waals surface area contributed by atoms with E-state index in [9.17, 15) is 0 Å². The van der Waals surface area contributed by atoms with E-state index < -0.39 is 50.9 Å². The fourth-order valence-electron chi connectivity index (χ4n) is 9.25. The topological polar surface area (TPSA) is 86.3 Å². The Balaban J connectivity index is 1.33. The summed E-state index contributed by atoms with van der Waals surface area (Å²) < 4.78 is 52.0. The highest BCUT2D eigenvalue weighted by Gasteiger charge is 2.74. The Bertz CT molecular complexity index is 2630. The summed E-state index contributed by atoms with van der Waals surface area (Å²) >= 11 is 0. The molecule has 0 saturated carbocycles. The van der Waals surface area contributed by atoms with Gasteiger partial charge in [0.15, 0.2) is 17.0 Å². The maximum absolute atomic E-state index is 15.1. The Morgan fingerprint density at radius 1 is 0.492 bits per heavy atom. The lowest BCUT2D eigenvalue weighted by Gasteiger charge is -2.41. The zero-order valence-electron chi connectivity index (χ0n) is 34.7. The molecular weight excluding hydrogens is 823 g/mol. The standard InChI is InChI=1S/C54H44O7P2/c1-51(2)58-49-50(59-51)53(42-28-13-5-14-29-42,43-30-15-6-16-31-43)61-54(63(55)56,60-52(49,40-24-9-3-10-25-40)41-26-11-4-12-27-41)57-48-46-36-22-21-23-39(46)37-38-47(48)62(44-32-17-7-18-33-44)45-34-19-8-20-35-45/h3-38,49-50H,1-2H3/t49-,50-/m1/s1. The predicted molar refractivity (Wildman–Crippen MR) is 247 cm³/mol. The minimum absolute atomic E-state index is 0.311. The van der Waals surface area contributed by atoms with Gasteiger partial charge in [-0.3, -0.25) is 9.47 Å². The van der Waals surface area contributed by atoms with Crippen molar-refractivity contribution in [2.24, 2.45) is 0 Å². The number of hydrogen-bond acceptors (Lipinski definition) is 7. The summed E-state index contributed by atoms with van der Waals surface area (Å²) in [4.78, 5) is 15.1. The van der Waals surface area contributed by atoms with Crippen LogP contribution in [-0.2, 0) is 34.7 Å². The van der Waals surface area contributed by atoms with Gasteiger partial charge in [0, 0.05) is 10.7 Å². The molecule has 2 aliphatic heterocycles. The molecule has 0 aromatic heterocycles. The van der Waals surface area contributed by atoms with Crippen molar-refractivity contribution in [3.8, 4) is 5.75 Å². The number of rotatable bonds is 10. The summed E-state index contributed by atoms with van der Waals surface area (Å²) in [6.07, 6.45) is -2.06. The minimum atomic E-state index is -3.83. The van der Waals surface area contributed by atoms with E-state index >= 15 is 9.46 Å². The third-order valence-corrected chi connectivity index (χ3v) is 15.1. The van der Waals surface area contributed by atoms with E-state index in [1.165, 1.54) is 0 Å². The van der Waals surface area contributed by atoms with Crippen molar-refractivity contribution in [2.45, 2.75) is 48.8 Å². The molecule has 9 heteroatoms. The first-order valence-electron chi connectivity index (χ1n) is 21.0. The van der Waals surface area contributed by atoms with Crippen LogP contribution in [0.15, 0.2) is 218 Å². The zero-order valence-corrected chi connectivity index (χ0v) is 36.5. The molecule has 0 bridgehead atoms. The predicted octanol–water partition coefficient (Wildman–Crippen LogP) is 10.1. The molecule has 63 heavy (non-hydrogen) atoms. The van der Waals surface area contributed by atoms with Gasteiger partial charge in [-0.2, -0.15) is 0 Å². The van der Waals surface area contributed by atoms with Crippen LogP contribution in [0.3, 0.4) is 0 Å². The minimum Gasteiger partial charge on any atom is -0.588 e. The van der Waals surface area contributed by atoms with Crippen LogP contribution in [0.1, 0.15) is 36.1 Å². The van der Waals surface area contributed by atoms with Gasteiger partial charge in [0.25, 0.3) is 0 Å². The first-order chi connectivity index (χ1) is 30.7. The second kappa shape index (κ2) is 16.7. The molecule has 8 aromatic rings. The van der Waals surface area contributed by atoms with Crippen molar-refractivity contribution in [1.29, 1.82) is 0 Å². The number of ether oxygens (including phenoxy) is 5. The van der Waals surface area contributed by atoms with E-state index in [0.29, 0.717) is 33.4 Å². The maximum atomic E-state index is 15.1. The quantitative estimate of drug-likeness (QED) is 0.127. The molecule has 8 aromatic carbocycles. The summed E-state index contributed by atoms with van der Waals surface area (Å²) in [5, 5.41) is 4.40. The van der Waals surface area contributed by atoms with Crippen molar-refractivity contribution in [3.63, 3.8) is 0 Å². The molecule has 1 unspecified atom stereocenters. The summed E-state index contributed by atoms with van der Waals surface area (Å²) in [5.74, 6) is -0.874. The van der Waals surface area contributed by atoms with Crippen molar-refractivity contribution < 1.29 is 33.1 Å². The lowest BCUT2D eigenvalue weighted by Crippen LogP contribution is -2.53. The Morgan fingerprint density at radius 3 is 1.25 bits per heavy atom. The van der Waals surface area contributed by atoms with E-state index in [4.69, 9.17) is 23.7 Å². The molecule has 312 valence electrons. The largest absolute Gasteiger partial charge is 0.588 e. The fourth-order valence-corrected chi connectivity index (χ4v) is 12.2. The van der Waals surface area contributed by atoms with Crippen molar-refractivity contribution in [2.75, 3.05) is 0 Å². The van der Waals surface area contributed by atoms with Crippen LogP contribution in [0, 0.1) is 0 Å². The van der Waals surface area contributed by atoms with Gasteiger partial charge in [0.2, 0.25) is 0 Å². The van der Waals surface area contributed by atoms with E-state index in [1.54, 1.807) is 0 Å². The van der Waals surface area contributed by atoms with Crippen LogP contribution < -0.4 is 25.5 Å². The van der Waals surface area contributed by atoms with Gasteiger partial charge in [0.05, 0.1) is 0 Å². The van der Waals surface area contributed by atoms with Crippen LogP contribution in [0.25, 0.3) is 10.8 Å². The SMILES string of the molecule is CC1(C)O[C@@H]2[C@@H](O1)C(c1ccccc1)(c1ccccc1)OC(Oc1c(P(c3ccccc3)c3ccccc3)ccc3ccccc13)([P+](=O)[O-])OC2(c1ccccc1)c1ccccc1. The number of fused-ring (bicyclic) bond motifs is 2. The van der Waals surface area contributed by atoms with Gasteiger partial charge in [-0.05, 0) is 66.1 Å².